The Bertz CT molecular complexity index is 438. The van der Waals surface area contributed by atoms with E-state index in [0.29, 0.717) is 0 Å². The summed E-state index contributed by atoms with van der Waals surface area (Å²) in [5.41, 5.74) is 1.43. The number of piperidine rings is 1. The molecule has 1 aromatic rings. The summed E-state index contributed by atoms with van der Waals surface area (Å²) in [5, 5.41) is 3.42. The second-order valence-electron chi connectivity index (χ2n) is 5.78. The summed E-state index contributed by atoms with van der Waals surface area (Å²) < 4.78 is 5.97. The number of ether oxygens (including phenoxy) is 1. The molecule has 1 fully saturated rings. The zero-order chi connectivity index (χ0) is 12.6. The highest BCUT2D eigenvalue weighted by molar-refractivity contribution is 8.00. The molecule has 0 unspecified atom stereocenters. The van der Waals surface area contributed by atoms with E-state index in [-0.39, 0.29) is 4.93 Å². The van der Waals surface area contributed by atoms with E-state index in [9.17, 15) is 0 Å². The molecule has 2 nitrogen and oxygen atoms in total. The minimum Gasteiger partial charge on any atom is -0.476 e. The van der Waals surface area contributed by atoms with Crippen molar-refractivity contribution in [3.8, 4) is 5.75 Å². The van der Waals surface area contributed by atoms with Crippen molar-refractivity contribution in [1.29, 1.82) is 0 Å². The highest BCUT2D eigenvalue weighted by atomic mass is 32.2. The van der Waals surface area contributed by atoms with E-state index < -0.39 is 0 Å². The Morgan fingerprint density at radius 3 is 2.89 bits per heavy atom. The van der Waals surface area contributed by atoms with Crippen LogP contribution in [0.4, 0.5) is 0 Å². The van der Waals surface area contributed by atoms with Crippen LogP contribution in [0, 0.1) is 5.92 Å². The zero-order valence-electron chi connectivity index (χ0n) is 11.2. The summed E-state index contributed by atoms with van der Waals surface area (Å²) in [4.78, 5) is 1.18. The minimum atomic E-state index is -0.101. The summed E-state index contributed by atoms with van der Waals surface area (Å²) in [6.07, 6.45) is 3.81. The SMILES string of the molecule is CC1(C)Oc2cc(CC3CCNCC3)ccc2S1. The van der Waals surface area contributed by atoms with Crippen molar-refractivity contribution in [1.82, 2.24) is 5.32 Å². The molecule has 98 valence electrons. The zero-order valence-corrected chi connectivity index (χ0v) is 12.0. The Hall–Kier alpha value is -0.670. The predicted molar refractivity (Wildman–Crippen MR) is 76.3 cm³/mol. The van der Waals surface area contributed by atoms with E-state index in [2.05, 4.69) is 37.4 Å². The van der Waals surface area contributed by atoms with Crippen molar-refractivity contribution in [3.63, 3.8) is 0 Å². The van der Waals surface area contributed by atoms with Gasteiger partial charge in [-0.05, 0) is 69.8 Å². The van der Waals surface area contributed by atoms with Crippen LogP contribution in [0.3, 0.4) is 0 Å². The Morgan fingerprint density at radius 2 is 2.11 bits per heavy atom. The first-order valence-corrected chi connectivity index (χ1v) is 7.66. The predicted octanol–water partition coefficient (Wildman–Crippen LogP) is 3.45. The maximum Gasteiger partial charge on any atom is 0.153 e. The first-order valence-electron chi connectivity index (χ1n) is 6.84. The van der Waals surface area contributed by atoms with Gasteiger partial charge in [-0.1, -0.05) is 17.8 Å². The molecule has 0 bridgehead atoms. The van der Waals surface area contributed by atoms with Crippen molar-refractivity contribution in [2.75, 3.05) is 13.1 Å². The second-order valence-corrected chi connectivity index (χ2v) is 7.41. The highest BCUT2D eigenvalue weighted by Crippen LogP contribution is 2.47. The Kier molecular flexibility index (Phi) is 3.29. The number of nitrogens with one attached hydrogen (secondary N) is 1. The molecule has 3 heteroatoms. The normalized spacial score (nSPS) is 22.6. The van der Waals surface area contributed by atoms with Gasteiger partial charge in [-0.15, -0.1) is 0 Å². The maximum absolute atomic E-state index is 5.97. The number of benzene rings is 1. The number of hydrogen-bond donors (Lipinski definition) is 1. The van der Waals surface area contributed by atoms with Crippen LogP contribution >= 0.6 is 11.8 Å². The number of hydrogen-bond acceptors (Lipinski definition) is 3. The molecule has 2 heterocycles. The van der Waals surface area contributed by atoms with E-state index in [0.717, 1.165) is 11.7 Å². The summed E-state index contributed by atoms with van der Waals surface area (Å²) in [7, 11) is 0. The average molecular weight is 263 g/mol. The molecule has 0 aliphatic carbocycles. The van der Waals surface area contributed by atoms with Crippen molar-refractivity contribution >= 4 is 11.8 Å². The van der Waals surface area contributed by atoms with Gasteiger partial charge in [-0.2, -0.15) is 0 Å². The monoisotopic (exact) mass is 263 g/mol. The second kappa shape index (κ2) is 4.78. The molecule has 0 spiro atoms. The molecule has 1 N–H and O–H groups in total. The topological polar surface area (TPSA) is 21.3 Å². The molecule has 0 radical (unpaired) electrons. The van der Waals surface area contributed by atoms with Crippen LogP contribution in [0.15, 0.2) is 23.1 Å². The van der Waals surface area contributed by atoms with Gasteiger partial charge in [0, 0.05) is 0 Å². The van der Waals surface area contributed by atoms with Crippen molar-refractivity contribution in [3.05, 3.63) is 23.8 Å². The van der Waals surface area contributed by atoms with E-state index in [1.807, 2.05) is 11.8 Å². The van der Waals surface area contributed by atoms with E-state index in [1.165, 1.54) is 42.8 Å². The lowest BCUT2D eigenvalue weighted by Gasteiger charge is -2.22. The quantitative estimate of drug-likeness (QED) is 0.883. The largest absolute Gasteiger partial charge is 0.476 e. The first-order chi connectivity index (χ1) is 8.62. The molecule has 2 aliphatic rings. The van der Waals surface area contributed by atoms with E-state index in [4.69, 9.17) is 4.74 Å². The molecule has 1 aromatic carbocycles. The molecule has 0 aromatic heterocycles. The van der Waals surface area contributed by atoms with Crippen molar-refractivity contribution in [2.45, 2.75) is 42.9 Å². The van der Waals surface area contributed by atoms with Crippen LogP contribution < -0.4 is 10.1 Å². The van der Waals surface area contributed by atoms with Crippen LogP contribution in [0.2, 0.25) is 0 Å². The van der Waals surface area contributed by atoms with E-state index >= 15 is 0 Å². The standard InChI is InChI=1S/C15H21NOS/c1-15(2)17-13-10-12(3-4-14(13)18-15)9-11-5-7-16-8-6-11/h3-4,10-11,16H,5-9H2,1-2H3. The van der Waals surface area contributed by atoms with Crippen molar-refractivity contribution < 1.29 is 4.74 Å². The van der Waals surface area contributed by atoms with Crippen molar-refractivity contribution in [2.24, 2.45) is 5.92 Å². The molecule has 2 aliphatic heterocycles. The fraction of sp³-hybridized carbons (Fsp3) is 0.600. The number of thioether (sulfide) groups is 1. The molecule has 0 atom stereocenters. The molecular formula is C15H21NOS. The van der Waals surface area contributed by atoms with Gasteiger partial charge in [0.25, 0.3) is 0 Å². The number of rotatable bonds is 2. The maximum atomic E-state index is 5.97. The Morgan fingerprint density at radius 1 is 1.33 bits per heavy atom. The van der Waals surface area contributed by atoms with Gasteiger partial charge in [-0.25, -0.2) is 0 Å². The smallest absolute Gasteiger partial charge is 0.153 e. The van der Waals surface area contributed by atoms with Gasteiger partial charge < -0.3 is 10.1 Å². The summed E-state index contributed by atoms with van der Waals surface area (Å²) in [5.74, 6) is 1.92. The lowest BCUT2D eigenvalue weighted by Crippen LogP contribution is -2.28. The lowest BCUT2D eigenvalue weighted by atomic mass is 9.91. The molecule has 18 heavy (non-hydrogen) atoms. The van der Waals surface area contributed by atoms with Gasteiger partial charge in [-0.3, -0.25) is 0 Å². The summed E-state index contributed by atoms with van der Waals surface area (Å²) in [6.45, 7) is 6.61. The Balaban J connectivity index is 1.71. The Labute approximate surface area is 113 Å². The van der Waals surface area contributed by atoms with Crippen LogP contribution in [0.1, 0.15) is 32.3 Å². The van der Waals surface area contributed by atoms with Crippen LogP contribution in [-0.4, -0.2) is 18.0 Å². The fourth-order valence-corrected chi connectivity index (χ4v) is 3.81. The lowest BCUT2D eigenvalue weighted by molar-refractivity contribution is 0.214. The summed E-state index contributed by atoms with van der Waals surface area (Å²) >= 11 is 1.82. The molecular weight excluding hydrogens is 242 g/mol. The third kappa shape index (κ3) is 2.67. The van der Waals surface area contributed by atoms with Gasteiger partial charge in [0.1, 0.15) is 5.75 Å². The summed E-state index contributed by atoms with van der Waals surface area (Å²) in [6, 6.07) is 6.75. The average Bonchev–Trinajstić information content (AvgIpc) is 2.63. The van der Waals surface area contributed by atoms with Crippen LogP contribution in [0.5, 0.6) is 5.75 Å². The minimum absolute atomic E-state index is 0.101. The number of fused-ring (bicyclic) bond motifs is 1. The van der Waals surface area contributed by atoms with E-state index in [1.54, 1.807) is 0 Å². The molecule has 0 amide bonds. The van der Waals surface area contributed by atoms with Gasteiger partial charge >= 0.3 is 0 Å². The van der Waals surface area contributed by atoms with Gasteiger partial charge in [0.2, 0.25) is 0 Å². The first kappa shape index (κ1) is 12.4. The van der Waals surface area contributed by atoms with Gasteiger partial charge in [0.15, 0.2) is 4.93 Å². The van der Waals surface area contributed by atoms with Gasteiger partial charge in [0.05, 0.1) is 4.90 Å². The van der Waals surface area contributed by atoms with Crippen LogP contribution in [-0.2, 0) is 6.42 Å². The van der Waals surface area contributed by atoms with Crippen LogP contribution in [0.25, 0.3) is 0 Å². The highest BCUT2D eigenvalue weighted by Gasteiger charge is 2.31. The fourth-order valence-electron chi connectivity index (χ4n) is 2.81. The molecule has 3 rings (SSSR count). The third-order valence-corrected chi connectivity index (χ3v) is 4.83. The molecule has 0 saturated carbocycles. The third-order valence-electron chi connectivity index (χ3n) is 3.70. The molecule has 1 saturated heterocycles.